The molecule has 0 spiro atoms. The van der Waals surface area contributed by atoms with Crippen LogP contribution in [0.5, 0.6) is 0 Å². The van der Waals surface area contributed by atoms with Crippen LogP contribution < -0.4 is 0 Å². The highest BCUT2D eigenvalue weighted by Crippen LogP contribution is 2.30. The van der Waals surface area contributed by atoms with E-state index in [0.29, 0.717) is 0 Å². The van der Waals surface area contributed by atoms with E-state index in [1.807, 2.05) is 0 Å². The SMILES string of the molecule is Cc1ccc(C(Cl)c2ccc3ccccc3c2)cc1. The minimum absolute atomic E-state index is 0.0924. The molecule has 0 bridgehead atoms. The van der Waals surface area contributed by atoms with Crippen molar-refractivity contribution in [2.45, 2.75) is 12.3 Å². The standard InChI is InChI=1S/C18H15Cl/c1-13-6-8-15(9-7-13)18(19)17-11-10-14-4-2-3-5-16(14)12-17/h2-12,18H,1H3. The molecule has 0 amide bonds. The fraction of sp³-hybridized carbons (Fsp3) is 0.111. The van der Waals surface area contributed by atoms with Gasteiger partial charge in [0.15, 0.2) is 0 Å². The fourth-order valence-corrected chi connectivity index (χ4v) is 2.57. The first-order valence-corrected chi connectivity index (χ1v) is 6.87. The summed E-state index contributed by atoms with van der Waals surface area (Å²) in [5, 5.41) is 2.39. The summed E-state index contributed by atoms with van der Waals surface area (Å²) >= 11 is 6.58. The van der Waals surface area contributed by atoms with Crippen LogP contribution in [-0.4, -0.2) is 0 Å². The van der Waals surface area contributed by atoms with Gasteiger partial charge < -0.3 is 0 Å². The van der Waals surface area contributed by atoms with Crippen molar-refractivity contribution >= 4 is 22.4 Å². The lowest BCUT2D eigenvalue weighted by molar-refractivity contribution is 1.14. The molecular weight excluding hydrogens is 252 g/mol. The zero-order valence-electron chi connectivity index (χ0n) is 10.8. The second-order valence-corrected chi connectivity index (χ2v) is 5.32. The highest BCUT2D eigenvalue weighted by Gasteiger charge is 2.10. The van der Waals surface area contributed by atoms with Crippen LogP contribution in [0.3, 0.4) is 0 Å². The summed E-state index contributed by atoms with van der Waals surface area (Å²) in [5.41, 5.74) is 3.54. The van der Waals surface area contributed by atoms with Crippen molar-refractivity contribution in [2.24, 2.45) is 0 Å². The van der Waals surface area contributed by atoms with Gasteiger partial charge in [-0.05, 0) is 34.9 Å². The smallest absolute Gasteiger partial charge is 0.0835 e. The molecule has 0 aliphatic carbocycles. The van der Waals surface area contributed by atoms with Crippen LogP contribution in [0.2, 0.25) is 0 Å². The van der Waals surface area contributed by atoms with Crippen LogP contribution in [0, 0.1) is 6.92 Å². The average Bonchev–Trinajstić information content (AvgIpc) is 2.47. The zero-order valence-corrected chi connectivity index (χ0v) is 11.6. The van der Waals surface area contributed by atoms with Crippen molar-refractivity contribution in [3.05, 3.63) is 83.4 Å². The topological polar surface area (TPSA) is 0 Å². The summed E-state index contributed by atoms with van der Waals surface area (Å²) in [6.07, 6.45) is 0. The first-order valence-electron chi connectivity index (χ1n) is 6.43. The number of benzene rings is 3. The van der Waals surface area contributed by atoms with E-state index in [9.17, 15) is 0 Å². The Balaban J connectivity index is 2.01. The lowest BCUT2D eigenvalue weighted by atomic mass is 10.00. The molecule has 0 radical (unpaired) electrons. The molecule has 19 heavy (non-hydrogen) atoms. The minimum Gasteiger partial charge on any atom is -0.113 e. The lowest BCUT2D eigenvalue weighted by Gasteiger charge is -2.11. The van der Waals surface area contributed by atoms with Gasteiger partial charge in [-0.3, -0.25) is 0 Å². The van der Waals surface area contributed by atoms with Gasteiger partial charge in [0.2, 0.25) is 0 Å². The largest absolute Gasteiger partial charge is 0.113 e. The highest BCUT2D eigenvalue weighted by molar-refractivity contribution is 6.22. The van der Waals surface area contributed by atoms with E-state index < -0.39 is 0 Å². The third-order valence-electron chi connectivity index (χ3n) is 3.44. The maximum Gasteiger partial charge on any atom is 0.0835 e. The van der Waals surface area contributed by atoms with Gasteiger partial charge in [0.05, 0.1) is 5.38 Å². The monoisotopic (exact) mass is 266 g/mol. The van der Waals surface area contributed by atoms with Crippen molar-refractivity contribution in [3.63, 3.8) is 0 Å². The number of alkyl halides is 1. The molecule has 1 atom stereocenters. The van der Waals surface area contributed by atoms with Gasteiger partial charge in [-0.25, -0.2) is 0 Å². The quantitative estimate of drug-likeness (QED) is 0.539. The Labute approximate surface area is 118 Å². The van der Waals surface area contributed by atoms with Gasteiger partial charge in [-0.2, -0.15) is 0 Å². The Morgan fingerprint density at radius 3 is 2.11 bits per heavy atom. The molecule has 0 heterocycles. The van der Waals surface area contributed by atoms with Crippen molar-refractivity contribution < 1.29 is 0 Å². The molecule has 94 valence electrons. The highest BCUT2D eigenvalue weighted by atomic mass is 35.5. The number of hydrogen-bond acceptors (Lipinski definition) is 0. The van der Waals surface area contributed by atoms with Gasteiger partial charge in [0.25, 0.3) is 0 Å². The van der Waals surface area contributed by atoms with Crippen molar-refractivity contribution in [3.8, 4) is 0 Å². The van der Waals surface area contributed by atoms with Gasteiger partial charge in [0.1, 0.15) is 0 Å². The Morgan fingerprint density at radius 2 is 1.37 bits per heavy atom. The van der Waals surface area contributed by atoms with Gasteiger partial charge in [0, 0.05) is 0 Å². The fourth-order valence-electron chi connectivity index (χ4n) is 2.29. The maximum atomic E-state index is 6.58. The molecule has 3 aromatic carbocycles. The Morgan fingerprint density at radius 1 is 0.737 bits per heavy atom. The predicted molar refractivity (Wildman–Crippen MR) is 82.8 cm³/mol. The predicted octanol–water partition coefficient (Wildman–Crippen LogP) is 5.48. The number of fused-ring (bicyclic) bond motifs is 1. The van der Waals surface area contributed by atoms with Crippen molar-refractivity contribution in [1.82, 2.24) is 0 Å². The van der Waals surface area contributed by atoms with E-state index in [4.69, 9.17) is 11.6 Å². The normalized spacial score (nSPS) is 12.5. The van der Waals surface area contributed by atoms with Crippen molar-refractivity contribution in [1.29, 1.82) is 0 Å². The van der Waals surface area contributed by atoms with Crippen LogP contribution >= 0.6 is 11.6 Å². The number of hydrogen-bond donors (Lipinski definition) is 0. The van der Waals surface area contributed by atoms with E-state index in [1.54, 1.807) is 0 Å². The third kappa shape index (κ3) is 2.50. The molecule has 3 rings (SSSR count). The molecule has 0 aliphatic rings. The minimum atomic E-state index is -0.0924. The molecule has 0 saturated heterocycles. The van der Waals surface area contributed by atoms with Gasteiger partial charge >= 0.3 is 0 Å². The second-order valence-electron chi connectivity index (χ2n) is 4.88. The molecule has 3 aromatic rings. The van der Waals surface area contributed by atoms with Crippen LogP contribution in [0.15, 0.2) is 66.7 Å². The van der Waals surface area contributed by atoms with E-state index >= 15 is 0 Å². The zero-order chi connectivity index (χ0) is 13.2. The molecular formula is C18H15Cl. The van der Waals surface area contributed by atoms with E-state index in [1.165, 1.54) is 16.3 Å². The summed E-state index contributed by atoms with van der Waals surface area (Å²) in [5.74, 6) is 0. The summed E-state index contributed by atoms with van der Waals surface area (Å²) < 4.78 is 0. The van der Waals surface area contributed by atoms with Crippen molar-refractivity contribution in [2.75, 3.05) is 0 Å². The molecule has 1 unspecified atom stereocenters. The molecule has 0 aromatic heterocycles. The van der Waals surface area contributed by atoms with E-state index in [2.05, 4.69) is 73.7 Å². The van der Waals surface area contributed by atoms with Gasteiger partial charge in [-0.15, -0.1) is 11.6 Å². The molecule has 0 nitrogen and oxygen atoms in total. The molecule has 1 heteroatoms. The summed E-state index contributed by atoms with van der Waals surface area (Å²) in [4.78, 5) is 0. The average molecular weight is 267 g/mol. The van der Waals surface area contributed by atoms with Crippen LogP contribution in [0.25, 0.3) is 10.8 Å². The summed E-state index contributed by atoms with van der Waals surface area (Å²) in [6.45, 7) is 2.09. The summed E-state index contributed by atoms with van der Waals surface area (Å²) in [7, 11) is 0. The van der Waals surface area contributed by atoms with Crippen LogP contribution in [0.1, 0.15) is 22.1 Å². The first kappa shape index (κ1) is 12.3. The van der Waals surface area contributed by atoms with E-state index in [-0.39, 0.29) is 5.38 Å². The van der Waals surface area contributed by atoms with E-state index in [0.717, 1.165) is 11.1 Å². The maximum absolute atomic E-state index is 6.58. The summed E-state index contributed by atoms with van der Waals surface area (Å²) in [6, 6.07) is 23.2. The number of aryl methyl sites for hydroxylation is 1. The first-order chi connectivity index (χ1) is 9.24. The number of rotatable bonds is 2. The van der Waals surface area contributed by atoms with Crippen LogP contribution in [-0.2, 0) is 0 Å². The second kappa shape index (κ2) is 5.07. The third-order valence-corrected chi connectivity index (χ3v) is 3.94. The lowest BCUT2D eigenvalue weighted by Crippen LogP contribution is -1.93. The van der Waals surface area contributed by atoms with Crippen LogP contribution in [0.4, 0.5) is 0 Å². The molecule has 0 N–H and O–H groups in total. The number of halogens is 1. The Bertz CT molecular complexity index is 698. The molecule has 0 saturated carbocycles. The van der Waals surface area contributed by atoms with Gasteiger partial charge in [-0.1, -0.05) is 66.2 Å². The molecule has 0 fully saturated rings. The Kier molecular flexibility index (Phi) is 3.27. The molecule has 0 aliphatic heterocycles. The Hall–Kier alpha value is -1.79.